The van der Waals surface area contributed by atoms with Gasteiger partial charge in [0, 0.05) is 15.5 Å². The van der Waals surface area contributed by atoms with Gasteiger partial charge in [-0.2, -0.15) is 13.2 Å². The maximum atomic E-state index is 12.6. The molecule has 0 amide bonds. The molecule has 0 aliphatic carbocycles. The minimum absolute atomic E-state index is 0.407. The van der Waals surface area contributed by atoms with Gasteiger partial charge in [0.2, 0.25) is 0 Å². The molecule has 1 atom stereocenters. The van der Waals surface area contributed by atoms with Crippen molar-refractivity contribution in [3.8, 4) is 0 Å². The molecule has 0 saturated carbocycles. The van der Waals surface area contributed by atoms with Gasteiger partial charge in [-0.25, -0.2) is 10.4 Å². The molecular formula is C12H11BrF3N3S. The second kappa shape index (κ2) is 5.80. The Bertz CT molecular complexity index is 612. The molecule has 3 N–H and O–H groups in total. The number of hydrogen-bond donors (Lipinski definition) is 2. The van der Waals surface area contributed by atoms with Crippen molar-refractivity contribution in [1.82, 2.24) is 10.4 Å². The molecule has 1 aromatic heterocycles. The molecule has 0 fully saturated rings. The molecule has 2 rings (SSSR count). The van der Waals surface area contributed by atoms with Gasteiger partial charge >= 0.3 is 6.18 Å². The molecule has 0 bridgehead atoms. The zero-order valence-corrected chi connectivity index (χ0v) is 12.7. The van der Waals surface area contributed by atoms with Crippen molar-refractivity contribution in [1.29, 1.82) is 0 Å². The van der Waals surface area contributed by atoms with Crippen LogP contribution in [0, 0.1) is 6.92 Å². The molecule has 0 radical (unpaired) electrons. The van der Waals surface area contributed by atoms with E-state index in [0.717, 1.165) is 15.6 Å². The van der Waals surface area contributed by atoms with Gasteiger partial charge in [-0.15, -0.1) is 11.3 Å². The predicted octanol–water partition coefficient (Wildman–Crippen LogP) is 3.79. The van der Waals surface area contributed by atoms with Crippen molar-refractivity contribution in [3.63, 3.8) is 0 Å². The van der Waals surface area contributed by atoms with Gasteiger partial charge in [0.25, 0.3) is 0 Å². The summed E-state index contributed by atoms with van der Waals surface area (Å²) in [6.07, 6.45) is -3.24. The highest BCUT2D eigenvalue weighted by Gasteiger charge is 2.35. The number of halogens is 4. The summed E-state index contributed by atoms with van der Waals surface area (Å²) in [7, 11) is 0. The summed E-state index contributed by atoms with van der Waals surface area (Å²) in [6, 6.07) is 5.02. The Morgan fingerprint density at radius 1 is 1.40 bits per heavy atom. The van der Waals surface area contributed by atoms with Crippen LogP contribution in [0.2, 0.25) is 0 Å². The number of nitrogens with two attached hydrogens (primary N) is 1. The number of nitrogens with zero attached hydrogens (tertiary/aromatic N) is 1. The molecule has 3 nitrogen and oxygen atoms in total. The zero-order chi connectivity index (χ0) is 14.9. The monoisotopic (exact) mass is 365 g/mol. The van der Waals surface area contributed by atoms with E-state index in [1.807, 2.05) is 25.1 Å². The topological polar surface area (TPSA) is 50.9 Å². The van der Waals surface area contributed by atoms with E-state index in [2.05, 4.69) is 26.3 Å². The van der Waals surface area contributed by atoms with E-state index in [1.165, 1.54) is 6.20 Å². The van der Waals surface area contributed by atoms with E-state index in [1.54, 1.807) is 0 Å². The van der Waals surface area contributed by atoms with Crippen molar-refractivity contribution >= 4 is 27.3 Å². The van der Waals surface area contributed by atoms with Crippen molar-refractivity contribution in [3.05, 3.63) is 49.9 Å². The number of rotatable bonds is 3. The SMILES string of the molecule is Cc1ccc(C(NN)c2cnc(C(F)(F)F)s2)c(Br)c1. The number of hydrazine groups is 1. The summed E-state index contributed by atoms with van der Waals surface area (Å²) in [4.78, 5) is 3.82. The Morgan fingerprint density at radius 2 is 2.10 bits per heavy atom. The number of aromatic nitrogens is 1. The van der Waals surface area contributed by atoms with Gasteiger partial charge in [0.15, 0.2) is 5.01 Å². The van der Waals surface area contributed by atoms with E-state index in [9.17, 15) is 13.2 Å². The van der Waals surface area contributed by atoms with Crippen LogP contribution < -0.4 is 11.3 Å². The van der Waals surface area contributed by atoms with Crippen LogP contribution in [0.5, 0.6) is 0 Å². The number of benzene rings is 1. The number of thiazole rings is 1. The van der Waals surface area contributed by atoms with Crippen LogP contribution in [0.15, 0.2) is 28.9 Å². The summed E-state index contributed by atoms with van der Waals surface area (Å²) in [6.45, 7) is 1.92. The molecule has 1 unspecified atom stereocenters. The Hall–Kier alpha value is -0.960. The number of hydrogen-bond acceptors (Lipinski definition) is 4. The minimum atomic E-state index is -4.44. The molecular weight excluding hydrogens is 355 g/mol. The largest absolute Gasteiger partial charge is 0.443 e. The third kappa shape index (κ3) is 3.20. The van der Waals surface area contributed by atoms with Crippen molar-refractivity contribution in [2.45, 2.75) is 19.1 Å². The van der Waals surface area contributed by atoms with Gasteiger partial charge in [-0.3, -0.25) is 5.84 Å². The molecule has 108 valence electrons. The maximum absolute atomic E-state index is 12.6. The van der Waals surface area contributed by atoms with Gasteiger partial charge in [-0.05, 0) is 24.1 Å². The van der Waals surface area contributed by atoms with Crippen LogP contribution >= 0.6 is 27.3 Å². The lowest BCUT2D eigenvalue weighted by Gasteiger charge is -2.16. The van der Waals surface area contributed by atoms with Crippen LogP contribution in [0.3, 0.4) is 0 Å². The lowest BCUT2D eigenvalue weighted by Crippen LogP contribution is -2.28. The molecule has 0 spiro atoms. The summed E-state index contributed by atoms with van der Waals surface area (Å²) in [5.41, 5.74) is 4.33. The summed E-state index contributed by atoms with van der Waals surface area (Å²) in [5, 5.41) is -0.879. The van der Waals surface area contributed by atoms with E-state index in [4.69, 9.17) is 5.84 Å². The smallest absolute Gasteiger partial charge is 0.271 e. The molecule has 1 aromatic carbocycles. The highest BCUT2D eigenvalue weighted by Crippen LogP contribution is 2.37. The van der Waals surface area contributed by atoms with Crippen molar-refractivity contribution in [2.75, 3.05) is 0 Å². The Morgan fingerprint density at radius 3 is 2.60 bits per heavy atom. The zero-order valence-electron chi connectivity index (χ0n) is 10.3. The van der Waals surface area contributed by atoms with E-state index in [0.29, 0.717) is 16.2 Å². The summed E-state index contributed by atoms with van der Waals surface area (Å²) >= 11 is 3.98. The van der Waals surface area contributed by atoms with Crippen LogP contribution in [0.25, 0.3) is 0 Å². The number of alkyl halides is 3. The Balaban J connectivity index is 2.40. The van der Waals surface area contributed by atoms with Crippen LogP contribution in [-0.2, 0) is 6.18 Å². The fraction of sp³-hybridized carbons (Fsp3) is 0.250. The van der Waals surface area contributed by atoms with Crippen molar-refractivity contribution < 1.29 is 13.2 Å². The van der Waals surface area contributed by atoms with Crippen LogP contribution in [-0.4, -0.2) is 4.98 Å². The molecule has 8 heteroatoms. The van der Waals surface area contributed by atoms with Gasteiger partial charge in [0.05, 0.1) is 6.04 Å². The third-order valence-corrected chi connectivity index (χ3v) is 4.48. The first kappa shape index (κ1) is 15.4. The van der Waals surface area contributed by atoms with E-state index in [-0.39, 0.29) is 0 Å². The fourth-order valence-corrected chi connectivity index (χ4v) is 3.33. The Kier molecular flexibility index (Phi) is 4.48. The van der Waals surface area contributed by atoms with Gasteiger partial charge < -0.3 is 0 Å². The second-order valence-corrected chi connectivity index (χ2v) is 6.11. The van der Waals surface area contributed by atoms with Crippen LogP contribution in [0.4, 0.5) is 13.2 Å². The van der Waals surface area contributed by atoms with Gasteiger partial charge in [-0.1, -0.05) is 28.1 Å². The lowest BCUT2D eigenvalue weighted by molar-refractivity contribution is -0.137. The first-order valence-electron chi connectivity index (χ1n) is 5.58. The lowest BCUT2D eigenvalue weighted by atomic mass is 10.0. The predicted molar refractivity (Wildman–Crippen MR) is 75.2 cm³/mol. The van der Waals surface area contributed by atoms with E-state index < -0.39 is 17.2 Å². The fourth-order valence-electron chi connectivity index (χ4n) is 1.74. The highest BCUT2D eigenvalue weighted by atomic mass is 79.9. The maximum Gasteiger partial charge on any atom is 0.443 e. The minimum Gasteiger partial charge on any atom is -0.271 e. The highest BCUT2D eigenvalue weighted by molar-refractivity contribution is 9.10. The standard InChI is InChI=1S/C12H11BrF3N3S/c1-6-2-3-7(8(13)4-6)10(19-17)9-5-18-11(20-9)12(14,15)16/h2-5,10,19H,17H2,1H3. The Labute approximate surface area is 126 Å². The molecule has 20 heavy (non-hydrogen) atoms. The molecule has 0 aliphatic rings. The second-order valence-electron chi connectivity index (χ2n) is 4.19. The summed E-state index contributed by atoms with van der Waals surface area (Å²) < 4.78 is 38.6. The first-order valence-corrected chi connectivity index (χ1v) is 7.19. The average Bonchev–Trinajstić information content (AvgIpc) is 2.82. The number of nitrogens with one attached hydrogen (secondary N) is 1. The summed E-state index contributed by atoms with van der Waals surface area (Å²) in [5.74, 6) is 5.49. The van der Waals surface area contributed by atoms with E-state index >= 15 is 0 Å². The molecule has 0 saturated heterocycles. The molecule has 0 aliphatic heterocycles. The van der Waals surface area contributed by atoms with Gasteiger partial charge in [0.1, 0.15) is 0 Å². The molecule has 2 aromatic rings. The molecule has 1 heterocycles. The number of aryl methyl sites for hydroxylation is 1. The van der Waals surface area contributed by atoms with Crippen LogP contribution in [0.1, 0.15) is 27.1 Å². The average molecular weight is 366 g/mol. The normalized spacial score (nSPS) is 13.5. The third-order valence-electron chi connectivity index (χ3n) is 2.68. The quantitative estimate of drug-likeness (QED) is 0.642. The van der Waals surface area contributed by atoms with Crippen molar-refractivity contribution in [2.24, 2.45) is 5.84 Å². The first-order chi connectivity index (χ1) is 9.32.